The monoisotopic (exact) mass is 1610 g/mol. The molecule has 3 aromatic heterocycles. The van der Waals surface area contributed by atoms with E-state index in [1.54, 1.807) is 48.9 Å². The van der Waals surface area contributed by atoms with E-state index in [1.807, 2.05) is 87.9 Å². The third kappa shape index (κ3) is 29.3. The van der Waals surface area contributed by atoms with Gasteiger partial charge >= 0.3 is 80.9 Å². The normalized spacial score (nSPS) is 14.0. The van der Waals surface area contributed by atoms with Gasteiger partial charge in [0.2, 0.25) is 0 Å². The number of hydrogen-bond donors (Lipinski definition) is 11. The van der Waals surface area contributed by atoms with Crippen LogP contribution in [0.1, 0.15) is 116 Å². The first-order valence-corrected chi connectivity index (χ1v) is 37.3. The molecular weight excluding hydrogens is 1510 g/mol. The van der Waals surface area contributed by atoms with Crippen molar-refractivity contribution in [1.29, 1.82) is 0 Å². The Balaban J connectivity index is 0.000000306. The standard InChI is InChI=1S/C28H32N6O2.C22H29N3O2S.C12H19N3.C10H12O2S2.C6H7N3O.C2H3ClO2.K.Na.H/c1-19(2)23-15-24(26(36)16-25(23)35)28-31-30-27(21-5-4-10-29-17-21)34(28)22-8-6-20(7-9-22)18-33-13-11-32(3)12-14-33;1-15(2)18-12-19(21(27)13-20(18)26)22(28)23-17-6-4-16(5-7-17)14-25-10-8-24(3)9-11-25;1-14-6-8-15(9-7-14)10-11-2-4-12(13)5-3-11;1-5(2)6-3-7(10(13)14)9(12)4-8(6)11;7-9-6(10)5-2-1-3-8-4-5;3-1-2(4)5;;;/h4-10,15-17,19,35-36H,11-14,18H2,1-3H3;4-7,12-13,15,26-27H,8-11,14H2,1-3H3,(H,23,28);2-5H,6-10,13H2,1H3;3-5,11-12H,1-2H3,(H,13,14);1-4H,7H2,(H,9,10);1H2,(H,4,5);;;/q;;;;;;2*+1;-1/p-1. The van der Waals surface area contributed by atoms with Crippen molar-refractivity contribution in [3.8, 4) is 63.0 Å². The third-order valence-electron chi connectivity index (χ3n) is 18.2. The van der Waals surface area contributed by atoms with E-state index in [4.69, 9.17) is 45.9 Å². The number of alkyl halides is 1. The number of thiocarbonyl (C=S) groups is 2. The zero-order chi connectivity index (χ0) is 78.7. The number of phenols is 6. The van der Waals surface area contributed by atoms with Crippen LogP contribution in [0.5, 0.6) is 34.5 Å². The number of carbonyl (C=O) groups excluding carboxylic acids is 2. The van der Waals surface area contributed by atoms with E-state index in [1.165, 1.54) is 67.3 Å². The molecule has 6 heterocycles. The second-order valence-corrected chi connectivity index (χ2v) is 29.3. The summed E-state index contributed by atoms with van der Waals surface area (Å²) in [5, 5.41) is 81.6. The van der Waals surface area contributed by atoms with Gasteiger partial charge < -0.3 is 67.7 Å². The van der Waals surface area contributed by atoms with Crippen molar-refractivity contribution in [3.05, 3.63) is 208 Å². The van der Waals surface area contributed by atoms with Gasteiger partial charge in [0, 0.05) is 169 Å². The summed E-state index contributed by atoms with van der Waals surface area (Å²) in [6.07, 6.45) is 6.51. The molecule has 578 valence electrons. The summed E-state index contributed by atoms with van der Waals surface area (Å²) >= 11 is 19.0. The number of phenolic OH excluding ortho intramolecular Hbond substituents is 6. The molecule has 0 aliphatic carbocycles. The number of piperazine rings is 3. The molecular formula is C80H102ClKN15NaO9S3. The first-order valence-electron chi connectivity index (χ1n) is 35.5. The molecule has 3 saturated heterocycles. The summed E-state index contributed by atoms with van der Waals surface area (Å²) in [7, 11) is 6.51. The quantitative estimate of drug-likeness (QED) is 0.00863. The van der Waals surface area contributed by atoms with Crippen molar-refractivity contribution in [2.75, 3.05) is 117 Å². The minimum Gasteiger partial charge on any atom is -1.00 e. The summed E-state index contributed by atoms with van der Waals surface area (Å²) in [4.78, 5) is 42.8. The maximum atomic E-state index is 10.8. The molecule has 0 bridgehead atoms. The Hall–Kier alpha value is -6.72. The molecule has 9 aromatic rings. The number of thiol groups is 1. The van der Waals surface area contributed by atoms with Crippen LogP contribution in [0.4, 0.5) is 11.4 Å². The summed E-state index contributed by atoms with van der Waals surface area (Å²) in [6.45, 7) is 28.2. The summed E-state index contributed by atoms with van der Waals surface area (Å²) in [6, 6.07) is 41.2. The van der Waals surface area contributed by atoms with Crippen molar-refractivity contribution in [2.45, 2.75) is 78.9 Å². The van der Waals surface area contributed by atoms with Crippen LogP contribution in [0.15, 0.2) is 158 Å². The van der Waals surface area contributed by atoms with E-state index in [0.717, 1.165) is 111 Å². The topological polar surface area (TPSA) is 331 Å². The van der Waals surface area contributed by atoms with Gasteiger partial charge in [-0.05, 0) is 151 Å². The van der Waals surface area contributed by atoms with Gasteiger partial charge in [-0.2, -0.15) is 0 Å². The smallest absolute Gasteiger partial charge is 1.00 e. The second kappa shape index (κ2) is 47.1. The Morgan fingerprint density at radius 1 is 0.555 bits per heavy atom. The number of aromatic hydroxyl groups is 6. The molecule has 0 radical (unpaired) electrons. The molecule has 12 rings (SSSR count). The number of nitrogen functional groups attached to an aromatic ring is 2. The maximum absolute atomic E-state index is 10.8. The molecule has 24 nitrogen and oxygen atoms in total. The number of benzene rings is 6. The van der Waals surface area contributed by atoms with Crippen molar-refractivity contribution in [1.82, 2.24) is 59.6 Å². The van der Waals surface area contributed by atoms with Crippen LogP contribution >= 0.6 is 48.7 Å². The number of aliphatic carboxylic acids is 1. The molecule has 12 N–H and O–H groups in total. The maximum Gasteiger partial charge on any atom is 1.00 e. The van der Waals surface area contributed by atoms with E-state index < -0.39 is 11.8 Å². The van der Waals surface area contributed by atoms with Gasteiger partial charge in [-0.3, -0.25) is 39.5 Å². The number of amides is 1. The molecule has 3 aliphatic rings. The summed E-state index contributed by atoms with van der Waals surface area (Å²) in [5.74, 6) is 4.56. The number of rotatable bonds is 17. The number of anilines is 2. The largest absolute Gasteiger partial charge is 1.00 e. The number of carbonyl (C=O) groups is 2. The van der Waals surface area contributed by atoms with Gasteiger partial charge in [-0.15, -0.1) is 34.4 Å². The minimum atomic E-state index is -1.23. The molecule has 0 spiro atoms. The Morgan fingerprint density at radius 3 is 1.35 bits per heavy atom. The van der Waals surface area contributed by atoms with Gasteiger partial charge in [-0.1, -0.05) is 102 Å². The zero-order valence-corrected chi connectivity index (χ0v) is 73.1. The minimum absolute atomic E-state index is 0. The van der Waals surface area contributed by atoms with E-state index in [9.17, 15) is 35.4 Å². The number of nitrogens with zero attached hydrogens (tertiary/aromatic N) is 11. The molecule has 1 amide bonds. The van der Waals surface area contributed by atoms with Crippen molar-refractivity contribution in [3.63, 3.8) is 0 Å². The number of nitrogens with two attached hydrogens (primary N) is 2. The fourth-order valence-corrected chi connectivity index (χ4v) is 12.3. The molecule has 0 atom stereocenters. The number of halogens is 1. The number of likely N-dealkylation sites (N-methyl/N-ethyl adjacent to an activating group) is 3. The number of carboxylic acids is 1. The number of aromatic nitrogens is 5. The van der Waals surface area contributed by atoms with E-state index in [0.29, 0.717) is 43.1 Å². The first-order chi connectivity index (χ1) is 51.5. The molecule has 0 saturated carbocycles. The van der Waals surface area contributed by atoms with Crippen LogP contribution < -0.4 is 108 Å². The van der Waals surface area contributed by atoms with Crippen molar-refractivity contribution < 1.29 is 128 Å². The number of carboxylic acid groups (broad SMARTS) is 1. The number of hydrazine groups is 1. The van der Waals surface area contributed by atoms with Crippen LogP contribution in [-0.2, 0) is 24.4 Å². The summed E-state index contributed by atoms with van der Waals surface area (Å²) in [5.41, 5.74) is 19.2. The molecule has 0 unspecified atom stereocenters. The SMILES string of the molecule is CC(C)c1cc(-c2nnc(-c3cccnc3)n2-c2ccc(CN3CCN(C)CC3)cc2)c(O)cc1O.CC(C)c1cc(C(=S)Nc2ccc(CN3CCN(C)CC3)cc2)c(O)cc1O.CC(C)c1cc(C(=S)S)c(O)cc1O.CN1CCN(Cc2ccc(N)cc2)CC1.NNC(=O)c1cccnc1.O=C([O-])CCl.[H-].[K+].[Na+]. The Morgan fingerprint density at radius 2 is 0.945 bits per heavy atom. The van der Waals surface area contributed by atoms with E-state index >= 15 is 0 Å². The molecule has 3 fully saturated rings. The first kappa shape index (κ1) is 93.9. The molecule has 30 heteroatoms. The number of nitrogens with one attached hydrogen (secondary N) is 2. The van der Waals surface area contributed by atoms with Gasteiger partial charge in [-0.25, -0.2) is 5.84 Å². The van der Waals surface area contributed by atoms with Gasteiger partial charge in [0.05, 0.1) is 32.7 Å². The van der Waals surface area contributed by atoms with E-state index in [2.05, 4.69) is 149 Å². The molecule has 110 heavy (non-hydrogen) atoms. The fraction of sp³-hybridized carbons (Fsp3) is 0.350. The van der Waals surface area contributed by atoms with Crippen LogP contribution in [0.2, 0.25) is 0 Å². The van der Waals surface area contributed by atoms with Crippen LogP contribution in [0.3, 0.4) is 0 Å². The van der Waals surface area contributed by atoms with E-state index in [-0.39, 0.29) is 141 Å². The van der Waals surface area contributed by atoms with Gasteiger partial charge in [0.25, 0.3) is 5.91 Å². The Labute approximate surface area is 733 Å². The van der Waals surface area contributed by atoms with Gasteiger partial charge in [0.15, 0.2) is 11.6 Å². The average molecular weight is 1610 g/mol. The van der Waals surface area contributed by atoms with Gasteiger partial charge in [0.1, 0.15) is 39.5 Å². The van der Waals surface area contributed by atoms with Crippen LogP contribution in [0, 0.1) is 0 Å². The van der Waals surface area contributed by atoms with Crippen LogP contribution in [0.25, 0.3) is 28.5 Å². The van der Waals surface area contributed by atoms with Crippen molar-refractivity contribution >= 4 is 81.1 Å². The molecule has 3 aliphatic heterocycles. The Bertz CT molecular complexity index is 4380. The molecule has 6 aromatic carbocycles. The van der Waals surface area contributed by atoms with Crippen molar-refractivity contribution in [2.24, 2.45) is 5.84 Å². The Kier molecular flexibility index (Phi) is 40.2. The number of hydrogen-bond acceptors (Lipinski definition) is 23. The average Bonchev–Trinajstić information content (AvgIpc) is 1.63. The zero-order valence-electron chi connectivity index (χ0n) is 65.7. The van der Waals surface area contributed by atoms with Crippen LogP contribution in [-0.4, -0.2) is 211 Å². The third-order valence-corrected chi connectivity index (χ3v) is 19.2. The fourth-order valence-electron chi connectivity index (χ4n) is 11.7. The summed E-state index contributed by atoms with van der Waals surface area (Å²) < 4.78 is 2.26. The second-order valence-electron chi connectivity index (χ2n) is 27.5. The predicted octanol–water partition coefficient (Wildman–Crippen LogP) is 4.66. The number of pyridine rings is 2. The predicted molar refractivity (Wildman–Crippen MR) is 440 cm³/mol.